The zero-order chi connectivity index (χ0) is 25.1. The molecule has 5 aromatic rings. The first-order valence-corrected chi connectivity index (χ1v) is 11.4. The van der Waals surface area contributed by atoms with Crippen LogP contribution < -0.4 is 27.2 Å². The zero-order valence-electron chi connectivity index (χ0n) is 19.6. The van der Waals surface area contributed by atoms with Gasteiger partial charge in [-0.05, 0) is 41.5 Å². The first-order chi connectivity index (χ1) is 17.5. The minimum atomic E-state index is -0.645. The van der Waals surface area contributed by atoms with Crippen LogP contribution in [-0.2, 0) is 19.6 Å². The van der Waals surface area contributed by atoms with Crippen LogP contribution in [0.15, 0.2) is 82.6 Å². The molecule has 0 aliphatic rings. The third kappa shape index (κ3) is 4.56. The summed E-state index contributed by atoms with van der Waals surface area (Å²) in [5, 5.41) is 4.10. The Bertz CT molecular complexity index is 1630. The molecule has 0 aliphatic carbocycles. The van der Waals surface area contributed by atoms with E-state index in [4.69, 9.17) is 10.5 Å². The Hall–Kier alpha value is -4.86. The van der Waals surface area contributed by atoms with Crippen LogP contribution in [0.25, 0.3) is 10.9 Å². The smallest absolute Gasteiger partial charge is 0.355 e. The van der Waals surface area contributed by atoms with Gasteiger partial charge in [-0.1, -0.05) is 30.3 Å². The largest absolute Gasteiger partial charge is 0.497 e. The number of nitrogen functional groups attached to an aromatic ring is 1. The summed E-state index contributed by atoms with van der Waals surface area (Å²) < 4.78 is 7.80. The average molecular weight is 484 g/mol. The summed E-state index contributed by atoms with van der Waals surface area (Å²) in [6, 6.07) is 18.6. The molecule has 0 radical (unpaired) electrons. The minimum absolute atomic E-state index is 0.0822. The van der Waals surface area contributed by atoms with Crippen molar-refractivity contribution in [1.29, 1.82) is 0 Å². The maximum Gasteiger partial charge on any atom is 0.355 e. The van der Waals surface area contributed by atoms with E-state index in [1.807, 2.05) is 48.7 Å². The predicted molar refractivity (Wildman–Crippen MR) is 138 cm³/mol. The molecule has 3 heterocycles. The number of methoxy groups -OCH3 is 1. The summed E-state index contributed by atoms with van der Waals surface area (Å²) in [6.45, 7) is 0.552. The Morgan fingerprint density at radius 3 is 2.56 bits per heavy atom. The molecule has 182 valence electrons. The van der Waals surface area contributed by atoms with Crippen molar-refractivity contribution in [2.24, 2.45) is 0 Å². The average Bonchev–Trinajstić information content (AvgIpc) is 3.38. The van der Waals surface area contributed by atoms with Crippen molar-refractivity contribution < 1.29 is 4.74 Å². The van der Waals surface area contributed by atoms with Gasteiger partial charge in [0.05, 0.1) is 20.2 Å². The van der Waals surface area contributed by atoms with Crippen LogP contribution in [0.4, 0.5) is 11.8 Å². The first-order valence-electron chi connectivity index (χ1n) is 11.4. The van der Waals surface area contributed by atoms with Gasteiger partial charge in [-0.25, -0.2) is 19.1 Å². The Labute approximate surface area is 206 Å². The number of aromatic nitrogens is 5. The summed E-state index contributed by atoms with van der Waals surface area (Å²) in [4.78, 5) is 38.2. The number of rotatable bonds is 8. The van der Waals surface area contributed by atoms with Crippen molar-refractivity contribution >= 4 is 22.7 Å². The SMILES string of the molecule is COc1ccc(Cn2c(=O)nc(NCc3cccnc3N)n(Cc3cccc4[nH]ccc34)c2=O)cc1. The molecule has 5 rings (SSSR count). The van der Waals surface area contributed by atoms with E-state index >= 15 is 0 Å². The van der Waals surface area contributed by atoms with Crippen molar-refractivity contribution in [3.05, 3.63) is 111 Å². The van der Waals surface area contributed by atoms with Crippen LogP contribution in [0.5, 0.6) is 5.75 Å². The number of hydrogen-bond donors (Lipinski definition) is 3. The zero-order valence-corrected chi connectivity index (χ0v) is 19.6. The molecule has 3 aromatic heterocycles. The number of nitrogens with zero attached hydrogens (tertiary/aromatic N) is 4. The molecule has 4 N–H and O–H groups in total. The summed E-state index contributed by atoms with van der Waals surface area (Å²) in [5.41, 5.74) is 8.23. The van der Waals surface area contributed by atoms with Crippen LogP contribution in [0, 0.1) is 0 Å². The van der Waals surface area contributed by atoms with E-state index in [0.717, 1.165) is 32.2 Å². The third-order valence-corrected chi connectivity index (χ3v) is 6.03. The van der Waals surface area contributed by atoms with E-state index in [9.17, 15) is 9.59 Å². The molecule has 0 saturated heterocycles. The number of H-pyrrole nitrogens is 1. The van der Waals surface area contributed by atoms with Crippen molar-refractivity contribution in [2.45, 2.75) is 19.6 Å². The Morgan fingerprint density at radius 1 is 0.972 bits per heavy atom. The maximum absolute atomic E-state index is 13.7. The number of fused-ring (bicyclic) bond motifs is 1. The van der Waals surface area contributed by atoms with Gasteiger partial charge in [-0.3, -0.25) is 4.57 Å². The highest BCUT2D eigenvalue weighted by Gasteiger charge is 2.16. The van der Waals surface area contributed by atoms with Gasteiger partial charge in [-0.2, -0.15) is 4.98 Å². The summed E-state index contributed by atoms with van der Waals surface area (Å²) in [6.07, 6.45) is 3.45. The molecule has 10 heteroatoms. The van der Waals surface area contributed by atoms with E-state index in [0.29, 0.717) is 11.6 Å². The number of aromatic amines is 1. The summed E-state index contributed by atoms with van der Waals surface area (Å²) in [5.74, 6) is 1.21. The van der Waals surface area contributed by atoms with Crippen LogP contribution in [0.1, 0.15) is 16.7 Å². The molecule has 2 aromatic carbocycles. The van der Waals surface area contributed by atoms with Crippen molar-refractivity contribution in [2.75, 3.05) is 18.2 Å². The van der Waals surface area contributed by atoms with Gasteiger partial charge in [0, 0.05) is 35.4 Å². The Kier molecular flexibility index (Phi) is 6.23. The van der Waals surface area contributed by atoms with Crippen molar-refractivity contribution in [3.8, 4) is 5.75 Å². The number of nitrogens with one attached hydrogen (secondary N) is 2. The lowest BCUT2D eigenvalue weighted by molar-refractivity contribution is 0.414. The third-order valence-electron chi connectivity index (χ3n) is 6.03. The quantitative estimate of drug-likeness (QED) is 0.309. The topological polar surface area (TPSA) is 133 Å². The second-order valence-corrected chi connectivity index (χ2v) is 8.28. The lowest BCUT2D eigenvalue weighted by Gasteiger charge is -2.16. The molecular formula is C26H25N7O3. The molecule has 0 bridgehead atoms. The number of hydrogen-bond acceptors (Lipinski definition) is 7. The lowest BCUT2D eigenvalue weighted by Crippen LogP contribution is -2.43. The molecule has 0 unspecified atom stereocenters. The molecule has 0 atom stereocenters. The second-order valence-electron chi connectivity index (χ2n) is 8.28. The van der Waals surface area contributed by atoms with Gasteiger partial charge in [0.15, 0.2) is 0 Å². The normalized spacial score (nSPS) is 11.0. The van der Waals surface area contributed by atoms with Gasteiger partial charge in [0.1, 0.15) is 11.6 Å². The van der Waals surface area contributed by atoms with E-state index < -0.39 is 11.4 Å². The van der Waals surface area contributed by atoms with Crippen LogP contribution in [0.2, 0.25) is 0 Å². The van der Waals surface area contributed by atoms with E-state index in [-0.39, 0.29) is 25.6 Å². The van der Waals surface area contributed by atoms with Crippen LogP contribution >= 0.6 is 0 Å². The predicted octanol–water partition coefficient (Wildman–Crippen LogP) is 2.58. The van der Waals surface area contributed by atoms with Gasteiger partial charge in [0.2, 0.25) is 5.95 Å². The highest BCUT2D eigenvalue weighted by molar-refractivity contribution is 5.82. The molecule has 36 heavy (non-hydrogen) atoms. The molecule has 0 spiro atoms. The number of benzene rings is 2. The number of pyridine rings is 1. The fourth-order valence-corrected chi connectivity index (χ4v) is 4.09. The van der Waals surface area contributed by atoms with Crippen molar-refractivity contribution in [1.82, 2.24) is 24.1 Å². The standard InChI is InChI=1S/C26H25N7O3/c1-36-20-9-7-17(8-10-20)15-33-25(34)31-24(30-14-18-5-3-12-29-23(18)27)32(26(33)35)16-19-4-2-6-22-21(19)11-13-28-22/h2-13,28H,14-16H2,1H3,(H2,27,29)(H,30,31,34). The van der Waals surface area contributed by atoms with E-state index in [1.165, 1.54) is 4.57 Å². The molecule has 0 aliphatic heterocycles. The highest BCUT2D eigenvalue weighted by Crippen LogP contribution is 2.19. The summed E-state index contributed by atoms with van der Waals surface area (Å²) >= 11 is 0. The van der Waals surface area contributed by atoms with E-state index in [2.05, 4.69) is 20.3 Å². The molecule has 0 fully saturated rings. The second kappa shape index (κ2) is 9.79. The highest BCUT2D eigenvalue weighted by atomic mass is 16.5. The van der Waals surface area contributed by atoms with Gasteiger partial charge >= 0.3 is 11.4 Å². The monoisotopic (exact) mass is 483 g/mol. The molecular weight excluding hydrogens is 458 g/mol. The van der Waals surface area contributed by atoms with Gasteiger partial charge in [0.25, 0.3) is 0 Å². The fourth-order valence-electron chi connectivity index (χ4n) is 4.09. The van der Waals surface area contributed by atoms with Crippen molar-refractivity contribution in [3.63, 3.8) is 0 Å². The van der Waals surface area contributed by atoms with Gasteiger partial charge < -0.3 is 20.8 Å². The Morgan fingerprint density at radius 2 is 1.78 bits per heavy atom. The molecule has 0 amide bonds. The Balaban J connectivity index is 1.56. The van der Waals surface area contributed by atoms with Crippen LogP contribution in [0.3, 0.4) is 0 Å². The minimum Gasteiger partial charge on any atom is -0.497 e. The molecule has 10 nitrogen and oxygen atoms in total. The van der Waals surface area contributed by atoms with E-state index in [1.54, 1.807) is 31.5 Å². The fraction of sp³-hybridized carbons (Fsp3) is 0.154. The maximum atomic E-state index is 13.7. The first kappa shape index (κ1) is 22.9. The number of ether oxygens (including phenoxy) is 1. The van der Waals surface area contributed by atoms with Gasteiger partial charge in [-0.15, -0.1) is 0 Å². The number of nitrogens with two attached hydrogens (primary N) is 1. The lowest BCUT2D eigenvalue weighted by atomic mass is 10.1. The molecule has 0 saturated carbocycles. The van der Waals surface area contributed by atoms with Crippen LogP contribution in [-0.4, -0.2) is 31.2 Å². The summed E-state index contributed by atoms with van der Waals surface area (Å²) in [7, 11) is 1.58. The number of anilines is 2.